The van der Waals surface area contributed by atoms with E-state index >= 15 is 0 Å². The summed E-state index contributed by atoms with van der Waals surface area (Å²) in [6, 6.07) is 19.7. The molecule has 2 heterocycles. The lowest BCUT2D eigenvalue weighted by molar-refractivity contribution is 0.102. The summed E-state index contributed by atoms with van der Waals surface area (Å²) < 4.78 is 0. The first-order valence-corrected chi connectivity index (χ1v) is 9.51. The zero-order valence-electron chi connectivity index (χ0n) is 15.4. The Kier molecular flexibility index (Phi) is 4.30. The number of H-pyrrole nitrogens is 2. The number of carbonyl (C=O) groups is 1. The molecule has 0 unspecified atom stereocenters. The first kappa shape index (κ1) is 18.1. The smallest absolute Gasteiger partial charge is 0.276 e. The normalized spacial score (nSPS) is 11.1. The van der Waals surface area contributed by atoms with Crippen molar-refractivity contribution in [2.45, 2.75) is 0 Å². The highest BCUT2D eigenvalue weighted by molar-refractivity contribution is 6.31. The number of aromatic nitrogens is 4. The highest BCUT2D eigenvalue weighted by Crippen LogP contribution is 2.26. The molecule has 3 aromatic carbocycles. The van der Waals surface area contributed by atoms with Crippen LogP contribution >= 0.6 is 11.6 Å². The first-order chi connectivity index (χ1) is 14.6. The molecule has 146 valence electrons. The van der Waals surface area contributed by atoms with Gasteiger partial charge in [0.05, 0.1) is 16.6 Å². The third kappa shape index (κ3) is 3.11. The first-order valence-electron chi connectivity index (χ1n) is 9.13. The van der Waals surface area contributed by atoms with Gasteiger partial charge in [0, 0.05) is 27.0 Å². The molecule has 3 N–H and O–H groups in total. The van der Waals surface area contributed by atoms with E-state index in [-0.39, 0.29) is 17.2 Å². The van der Waals surface area contributed by atoms with Crippen LogP contribution in [-0.2, 0) is 0 Å². The molecule has 0 saturated carbocycles. The van der Waals surface area contributed by atoms with Gasteiger partial charge < -0.3 is 5.32 Å². The highest BCUT2D eigenvalue weighted by Gasteiger charge is 2.15. The van der Waals surface area contributed by atoms with E-state index in [9.17, 15) is 9.59 Å². The van der Waals surface area contributed by atoms with Gasteiger partial charge in [0.25, 0.3) is 11.5 Å². The molecular weight excluding hydrogens is 402 g/mol. The van der Waals surface area contributed by atoms with Crippen LogP contribution < -0.4 is 10.9 Å². The van der Waals surface area contributed by atoms with Crippen molar-refractivity contribution in [1.29, 1.82) is 0 Å². The quantitative estimate of drug-likeness (QED) is 0.407. The van der Waals surface area contributed by atoms with Crippen LogP contribution in [0.1, 0.15) is 10.5 Å². The number of fused-ring (bicyclic) bond motifs is 2. The number of amides is 1. The molecule has 5 aromatic rings. The van der Waals surface area contributed by atoms with E-state index in [4.69, 9.17) is 11.6 Å². The maximum Gasteiger partial charge on any atom is 0.276 e. The van der Waals surface area contributed by atoms with E-state index in [1.807, 2.05) is 30.3 Å². The van der Waals surface area contributed by atoms with Crippen LogP contribution in [0.5, 0.6) is 0 Å². The van der Waals surface area contributed by atoms with Crippen molar-refractivity contribution in [3.05, 3.63) is 87.8 Å². The molecule has 8 heteroatoms. The van der Waals surface area contributed by atoms with Gasteiger partial charge in [-0.25, -0.2) is 5.10 Å². The molecule has 0 radical (unpaired) electrons. The van der Waals surface area contributed by atoms with Crippen molar-refractivity contribution in [2.75, 3.05) is 5.32 Å². The van der Waals surface area contributed by atoms with E-state index < -0.39 is 0 Å². The monoisotopic (exact) mass is 415 g/mol. The molecule has 0 fully saturated rings. The minimum atomic E-state index is -0.344. The van der Waals surface area contributed by atoms with Crippen LogP contribution in [0, 0.1) is 0 Å². The molecule has 0 aliphatic heterocycles. The second-order valence-corrected chi connectivity index (χ2v) is 7.18. The largest absolute Gasteiger partial charge is 0.321 e. The average Bonchev–Trinajstić information content (AvgIpc) is 3.18. The van der Waals surface area contributed by atoms with Gasteiger partial charge in [-0.3, -0.25) is 14.7 Å². The molecule has 0 bridgehead atoms. The van der Waals surface area contributed by atoms with E-state index in [1.54, 1.807) is 36.4 Å². The zero-order chi connectivity index (χ0) is 20.7. The third-order valence-corrected chi connectivity index (χ3v) is 5.09. The third-order valence-electron chi connectivity index (χ3n) is 4.85. The van der Waals surface area contributed by atoms with Crippen LogP contribution in [0.4, 0.5) is 5.69 Å². The van der Waals surface area contributed by atoms with Crippen LogP contribution in [-0.4, -0.2) is 26.3 Å². The summed E-state index contributed by atoms with van der Waals surface area (Å²) in [5, 5.41) is 19.0. The van der Waals surface area contributed by atoms with Crippen molar-refractivity contribution < 1.29 is 4.79 Å². The van der Waals surface area contributed by atoms with Gasteiger partial charge in [0.2, 0.25) is 0 Å². The number of aromatic amines is 2. The maximum atomic E-state index is 12.7. The number of nitrogens with zero attached hydrogens (tertiary/aromatic N) is 2. The van der Waals surface area contributed by atoms with E-state index in [0.29, 0.717) is 27.2 Å². The molecule has 0 spiro atoms. The Morgan fingerprint density at radius 2 is 1.63 bits per heavy atom. The fourth-order valence-corrected chi connectivity index (χ4v) is 3.57. The number of rotatable bonds is 3. The SMILES string of the molecule is O=C(Nc1ccc(-c2n[nH]c(=O)c3ccccc23)cc1)c1n[nH]c2ccc(Cl)cc12. The van der Waals surface area contributed by atoms with Crippen LogP contribution in [0.25, 0.3) is 32.9 Å². The van der Waals surface area contributed by atoms with Crippen molar-refractivity contribution in [3.8, 4) is 11.3 Å². The minimum Gasteiger partial charge on any atom is -0.321 e. The molecule has 1 amide bonds. The number of halogens is 1. The molecule has 0 aliphatic rings. The van der Waals surface area contributed by atoms with Crippen molar-refractivity contribution in [2.24, 2.45) is 0 Å². The summed E-state index contributed by atoms with van der Waals surface area (Å²) in [6.45, 7) is 0. The summed E-state index contributed by atoms with van der Waals surface area (Å²) in [6.07, 6.45) is 0. The highest BCUT2D eigenvalue weighted by atomic mass is 35.5. The van der Waals surface area contributed by atoms with Crippen LogP contribution in [0.2, 0.25) is 5.02 Å². The number of benzene rings is 3. The predicted molar refractivity (Wildman–Crippen MR) is 117 cm³/mol. The van der Waals surface area contributed by atoms with Gasteiger partial charge in [-0.05, 0) is 36.4 Å². The molecule has 0 saturated heterocycles. The molecule has 30 heavy (non-hydrogen) atoms. The van der Waals surface area contributed by atoms with Gasteiger partial charge in [-0.15, -0.1) is 0 Å². The zero-order valence-corrected chi connectivity index (χ0v) is 16.2. The minimum absolute atomic E-state index is 0.232. The Morgan fingerprint density at radius 3 is 2.43 bits per heavy atom. The molecule has 0 aliphatic carbocycles. The van der Waals surface area contributed by atoms with Gasteiger partial charge in [-0.1, -0.05) is 41.9 Å². The number of hydrogen-bond acceptors (Lipinski definition) is 4. The lowest BCUT2D eigenvalue weighted by Crippen LogP contribution is -2.12. The second-order valence-electron chi connectivity index (χ2n) is 6.74. The van der Waals surface area contributed by atoms with E-state index in [2.05, 4.69) is 25.7 Å². The van der Waals surface area contributed by atoms with Gasteiger partial charge in [0.15, 0.2) is 5.69 Å². The lowest BCUT2D eigenvalue weighted by Gasteiger charge is -2.07. The van der Waals surface area contributed by atoms with Gasteiger partial charge in [-0.2, -0.15) is 10.2 Å². The standard InChI is InChI=1S/C22H14ClN5O2/c23-13-7-10-18-17(11-13)20(27-25-18)22(30)24-14-8-5-12(6-9-14)19-15-3-1-2-4-16(15)21(29)28-26-19/h1-11H,(H,24,30)(H,25,27)(H,28,29). The topological polar surface area (TPSA) is 104 Å². The molecule has 0 atom stereocenters. The summed E-state index contributed by atoms with van der Waals surface area (Å²) in [7, 11) is 0. The van der Waals surface area contributed by atoms with E-state index in [0.717, 1.165) is 16.5 Å². The molecule has 7 nitrogen and oxygen atoms in total. The van der Waals surface area contributed by atoms with Gasteiger partial charge in [0.1, 0.15) is 0 Å². The summed E-state index contributed by atoms with van der Waals surface area (Å²) in [5.41, 5.74) is 2.86. The summed E-state index contributed by atoms with van der Waals surface area (Å²) in [5.74, 6) is -0.344. The fourth-order valence-electron chi connectivity index (χ4n) is 3.40. The Balaban J connectivity index is 1.44. The Labute approximate surface area is 174 Å². The lowest BCUT2D eigenvalue weighted by atomic mass is 10.0. The fraction of sp³-hybridized carbons (Fsp3) is 0. The average molecular weight is 416 g/mol. The number of nitrogens with one attached hydrogen (secondary N) is 3. The van der Waals surface area contributed by atoms with Gasteiger partial charge >= 0.3 is 0 Å². The van der Waals surface area contributed by atoms with Crippen molar-refractivity contribution in [1.82, 2.24) is 20.4 Å². The summed E-state index contributed by atoms with van der Waals surface area (Å²) >= 11 is 6.04. The molecule has 2 aromatic heterocycles. The number of carbonyl (C=O) groups excluding carboxylic acids is 1. The van der Waals surface area contributed by atoms with Crippen molar-refractivity contribution >= 4 is 44.9 Å². The van der Waals surface area contributed by atoms with Crippen molar-refractivity contribution in [3.63, 3.8) is 0 Å². The van der Waals surface area contributed by atoms with Crippen LogP contribution in [0.3, 0.4) is 0 Å². The number of hydrogen-bond donors (Lipinski definition) is 3. The number of anilines is 1. The Hall–Kier alpha value is -3.97. The second kappa shape index (κ2) is 7.13. The predicted octanol–water partition coefficient (Wildman–Crippen LogP) is 4.37. The Morgan fingerprint density at radius 1 is 0.867 bits per heavy atom. The Bertz CT molecular complexity index is 1470. The van der Waals surface area contributed by atoms with E-state index in [1.165, 1.54) is 0 Å². The molecular formula is C22H14ClN5O2. The molecule has 5 rings (SSSR count). The maximum absolute atomic E-state index is 12.7. The summed E-state index contributed by atoms with van der Waals surface area (Å²) in [4.78, 5) is 24.7. The van der Waals surface area contributed by atoms with Crippen LogP contribution in [0.15, 0.2) is 71.5 Å².